The van der Waals surface area contributed by atoms with Gasteiger partial charge in [0.15, 0.2) is 6.10 Å². The summed E-state index contributed by atoms with van der Waals surface area (Å²) < 4.78 is 37.5. The number of rotatable bonds is 3. The fourth-order valence-corrected chi connectivity index (χ4v) is 2.04. The number of primary amides is 1. The number of alkyl halides is 3. The minimum Gasteiger partial charge on any atom is -0.390 e. The molecule has 0 bridgehead atoms. The zero-order chi connectivity index (χ0) is 16.5. The number of hydrogen-bond donors (Lipinski definition) is 2. The molecule has 3 N–H and O–H groups in total. The molecule has 0 aliphatic carbocycles. The molecule has 2 rings (SSSR count). The minimum atomic E-state index is -4.40. The predicted octanol–water partition coefficient (Wildman–Crippen LogP) is 2.36. The maximum absolute atomic E-state index is 12.5. The summed E-state index contributed by atoms with van der Waals surface area (Å²) in [4.78, 5) is 16.0. The number of halogens is 3. The molecule has 0 saturated heterocycles. The van der Waals surface area contributed by atoms with E-state index in [1.54, 1.807) is 0 Å². The van der Waals surface area contributed by atoms with Crippen molar-refractivity contribution >= 4 is 11.7 Å². The summed E-state index contributed by atoms with van der Waals surface area (Å²) in [6, 6.07) is 2.73. The molecule has 2 atom stereocenters. The molecule has 0 aromatic heterocycles. The van der Waals surface area contributed by atoms with Crippen molar-refractivity contribution < 1.29 is 28.0 Å². The molecule has 0 saturated carbocycles. The molecule has 0 spiro atoms. The molecule has 0 radical (unpaired) electrons. The molecule has 6 nitrogen and oxygen atoms in total. The average Bonchev–Trinajstić information content (AvgIpc) is 2.94. The summed E-state index contributed by atoms with van der Waals surface area (Å²) in [6.07, 6.45) is -4.80. The molecule has 2 unspecified atom stereocenters. The molecule has 2 amide bonds. The third-order valence-corrected chi connectivity index (χ3v) is 3.39. The molecule has 0 fully saturated rings. The van der Waals surface area contributed by atoms with E-state index in [-0.39, 0.29) is 6.42 Å². The van der Waals surface area contributed by atoms with Crippen LogP contribution in [-0.2, 0) is 11.0 Å². The van der Waals surface area contributed by atoms with Crippen LogP contribution in [-0.4, -0.2) is 34.2 Å². The average molecular weight is 317 g/mol. The van der Waals surface area contributed by atoms with Crippen molar-refractivity contribution in [3.8, 4) is 0 Å². The first kappa shape index (κ1) is 16.1. The molecule has 1 aliphatic heterocycles. The smallest absolute Gasteiger partial charge is 0.390 e. The number of amides is 2. The first-order chi connectivity index (χ1) is 10.2. The van der Waals surface area contributed by atoms with Crippen LogP contribution in [0.15, 0.2) is 29.4 Å². The van der Waals surface area contributed by atoms with Gasteiger partial charge in [0.05, 0.1) is 17.3 Å². The SMILES string of the molecule is CC(C1CC(c2ccc(C(F)(F)F)cc2)=NO1)N(O)C(N)=O. The summed E-state index contributed by atoms with van der Waals surface area (Å²) in [5.41, 5.74) is 5.10. The number of oxime groups is 1. The Labute approximate surface area is 123 Å². The van der Waals surface area contributed by atoms with Crippen LogP contribution in [0.25, 0.3) is 0 Å². The predicted molar refractivity (Wildman–Crippen MR) is 70.1 cm³/mol. The lowest BCUT2D eigenvalue weighted by Crippen LogP contribution is -2.45. The number of benzene rings is 1. The van der Waals surface area contributed by atoms with Crippen LogP contribution in [0.4, 0.5) is 18.0 Å². The maximum atomic E-state index is 12.5. The van der Waals surface area contributed by atoms with E-state index < -0.39 is 29.9 Å². The Kier molecular flexibility index (Phi) is 4.27. The highest BCUT2D eigenvalue weighted by molar-refractivity contribution is 6.01. The monoisotopic (exact) mass is 317 g/mol. The second kappa shape index (κ2) is 5.84. The lowest BCUT2D eigenvalue weighted by Gasteiger charge is -2.24. The van der Waals surface area contributed by atoms with E-state index in [1.165, 1.54) is 19.1 Å². The Hall–Kier alpha value is -2.29. The Morgan fingerprint density at radius 2 is 2.05 bits per heavy atom. The molecule has 1 aromatic rings. The highest BCUT2D eigenvalue weighted by Gasteiger charge is 2.33. The lowest BCUT2D eigenvalue weighted by atomic mass is 10.0. The molecular weight excluding hydrogens is 303 g/mol. The van der Waals surface area contributed by atoms with Crippen molar-refractivity contribution in [2.24, 2.45) is 10.9 Å². The molecule has 120 valence electrons. The zero-order valence-electron chi connectivity index (χ0n) is 11.5. The van der Waals surface area contributed by atoms with E-state index in [4.69, 9.17) is 10.6 Å². The number of carbonyl (C=O) groups is 1. The number of carbonyl (C=O) groups excluding carboxylic acids is 1. The van der Waals surface area contributed by atoms with Crippen LogP contribution in [0, 0.1) is 0 Å². The fourth-order valence-electron chi connectivity index (χ4n) is 2.04. The van der Waals surface area contributed by atoms with Gasteiger partial charge in [0, 0.05) is 6.42 Å². The van der Waals surface area contributed by atoms with E-state index in [0.29, 0.717) is 16.3 Å². The standard InChI is InChI=1S/C13H14F3N3O3/c1-7(19(21)12(17)20)11-6-10(18-22-11)8-2-4-9(5-3-8)13(14,15)16/h2-5,7,11,21H,6H2,1H3,(H2,17,20). The Balaban J connectivity index is 2.05. The molecule has 22 heavy (non-hydrogen) atoms. The van der Waals surface area contributed by atoms with Gasteiger partial charge >= 0.3 is 12.2 Å². The summed E-state index contributed by atoms with van der Waals surface area (Å²) >= 11 is 0. The number of urea groups is 1. The highest BCUT2D eigenvalue weighted by Crippen LogP contribution is 2.30. The second-order valence-electron chi connectivity index (χ2n) is 4.88. The van der Waals surface area contributed by atoms with Gasteiger partial charge in [0.2, 0.25) is 0 Å². The third-order valence-electron chi connectivity index (χ3n) is 3.39. The number of nitrogens with two attached hydrogens (primary N) is 1. The van der Waals surface area contributed by atoms with Gasteiger partial charge in [-0.2, -0.15) is 18.2 Å². The summed E-state index contributed by atoms with van der Waals surface area (Å²) in [5, 5.41) is 13.6. The quantitative estimate of drug-likeness (QED) is 0.662. The van der Waals surface area contributed by atoms with Crippen LogP contribution < -0.4 is 5.73 Å². The Bertz CT molecular complexity index is 586. The van der Waals surface area contributed by atoms with Crippen LogP contribution >= 0.6 is 0 Å². The highest BCUT2D eigenvalue weighted by atomic mass is 19.4. The van der Waals surface area contributed by atoms with Gasteiger partial charge in [-0.05, 0) is 24.6 Å². The van der Waals surface area contributed by atoms with Gasteiger partial charge in [-0.3, -0.25) is 5.21 Å². The van der Waals surface area contributed by atoms with Crippen LogP contribution in [0.5, 0.6) is 0 Å². The Morgan fingerprint density at radius 1 is 1.45 bits per heavy atom. The van der Waals surface area contributed by atoms with Gasteiger partial charge in [-0.1, -0.05) is 17.3 Å². The molecule has 1 aromatic carbocycles. The van der Waals surface area contributed by atoms with Gasteiger partial charge in [0.1, 0.15) is 0 Å². The summed E-state index contributed by atoms with van der Waals surface area (Å²) in [5.74, 6) is 0. The van der Waals surface area contributed by atoms with E-state index >= 15 is 0 Å². The molecule has 9 heteroatoms. The largest absolute Gasteiger partial charge is 0.416 e. The summed E-state index contributed by atoms with van der Waals surface area (Å²) in [7, 11) is 0. The van der Waals surface area contributed by atoms with Crippen LogP contribution in [0.2, 0.25) is 0 Å². The minimum absolute atomic E-state index is 0.233. The van der Waals surface area contributed by atoms with E-state index in [0.717, 1.165) is 12.1 Å². The van der Waals surface area contributed by atoms with Gasteiger partial charge in [0.25, 0.3) is 0 Å². The maximum Gasteiger partial charge on any atom is 0.416 e. The zero-order valence-corrected chi connectivity index (χ0v) is 11.5. The third kappa shape index (κ3) is 3.30. The number of hydroxylamine groups is 2. The number of nitrogens with zero attached hydrogens (tertiary/aromatic N) is 2. The van der Waals surface area contributed by atoms with Crippen LogP contribution in [0.1, 0.15) is 24.5 Å². The summed E-state index contributed by atoms with van der Waals surface area (Å²) in [6.45, 7) is 1.51. The second-order valence-corrected chi connectivity index (χ2v) is 4.88. The van der Waals surface area contributed by atoms with Gasteiger partial charge in [-0.15, -0.1) is 0 Å². The van der Waals surface area contributed by atoms with Crippen molar-refractivity contribution in [3.63, 3.8) is 0 Å². The first-order valence-corrected chi connectivity index (χ1v) is 6.38. The van der Waals surface area contributed by atoms with Crippen LogP contribution in [0.3, 0.4) is 0 Å². The molecule has 1 heterocycles. The van der Waals surface area contributed by atoms with Gasteiger partial charge < -0.3 is 10.6 Å². The molecular formula is C13H14F3N3O3. The lowest BCUT2D eigenvalue weighted by molar-refractivity contribution is -0.137. The van der Waals surface area contributed by atoms with Gasteiger partial charge in [-0.25, -0.2) is 4.79 Å². The first-order valence-electron chi connectivity index (χ1n) is 6.38. The van der Waals surface area contributed by atoms with Crippen molar-refractivity contribution in [1.29, 1.82) is 0 Å². The van der Waals surface area contributed by atoms with E-state index in [9.17, 15) is 23.2 Å². The van der Waals surface area contributed by atoms with E-state index in [1.807, 2.05) is 0 Å². The Morgan fingerprint density at radius 3 is 2.55 bits per heavy atom. The van der Waals surface area contributed by atoms with E-state index in [2.05, 4.69) is 5.16 Å². The van der Waals surface area contributed by atoms with Crippen molar-refractivity contribution in [2.45, 2.75) is 31.7 Å². The normalized spacial score (nSPS) is 19.3. The van der Waals surface area contributed by atoms with Crippen molar-refractivity contribution in [1.82, 2.24) is 5.06 Å². The number of hydrogen-bond acceptors (Lipinski definition) is 4. The fraction of sp³-hybridized carbons (Fsp3) is 0.385. The topological polar surface area (TPSA) is 88.2 Å². The van der Waals surface area contributed by atoms with Crippen molar-refractivity contribution in [2.75, 3.05) is 0 Å². The molecule has 1 aliphatic rings. The van der Waals surface area contributed by atoms with Crippen molar-refractivity contribution in [3.05, 3.63) is 35.4 Å².